The minimum atomic E-state index is -4.91. The molecule has 0 radical (unpaired) electrons. The van der Waals surface area contributed by atoms with Gasteiger partial charge in [-0.05, 0) is 44.7 Å². The molecule has 1 N–H and O–H groups in total. The van der Waals surface area contributed by atoms with Crippen molar-refractivity contribution >= 4 is 19.7 Å². The van der Waals surface area contributed by atoms with Crippen LogP contribution in [0, 0.1) is 5.92 Å². The van der Waals surface area contributed by atoms with Crippen LogP contribution in [0.15, 0.2) is 29.5 Å². The molecule has 2 fully saturated rings. The molecule has 1 aliphatic carbocycles. The minimum absolute atomic E-state index is 0.0969. The van der Waals surface area contributed by atoms with Gasteiger partial charge in [-0.15, -0.1) is 0 Å². The maximum absolute atomic E-state index is 14.0. The Kier molecular flexibility index (Phi) is 11.3. The maximum Gasteiger partial charge on any atom is 0.423 e. The Morgan fingerprint density at radius 3 is 2.30 bits per heavy atom. The molecule has 16 heteroatoms. The van der Waals surface area contributed by atoms with Gasteiger partial charge >= 0.3 is 12.4 Å². The van der Waals surface area contributed by atoms with Crippen LogP contribution in [0.4, 0.5) is 32.0 Å². The third-order valence-corrected chi connectivity index (χ3v) is 10.4. The van der Waals surface area contributed by atoms with Gasteiger partial charge in [0.25, 0.3) is 11.5 Å². The molecule has 0 spiro atoms. The number of nitrogens with zero attached hydrogens (tertiary/aromatic N) is 5. The lowest BCUT2D eigenvalue weighted by molar-refractivity contribution is -0.184. The summed E-state index contributed by atoms with van der Waals surface area (Å²) in [6.45, 7) is 10.3. The number of nitrogens with one attached hydrogen (secondary N) is 1. The van der Waals surface area contributed by atoms with E-state index in [4.69, 9.17) is 4.74 Å². The first kappa shape index (κ1) is 36.0. The number of alkyl halides is 6. The number of aromatic nitrogens is 3. The quantitative estimate of drug-likeness (QED) is 0.185. The Labute approximate surface area is 265 Å². The number of amides is 1. The van der Waals surface area contributed by atoms with Crippen LogP contribution in [0.5, 0.6) is 0 Å². The van der Waals surface area contributed by atoms with Crippen LogP contribution in [0.1, 0.15) is 48.5 Å². The Morgan fingerprint density at radius 1 is 1.07 bits per heavy atom. The van der Waals surface area contributed by atoms with Gasteiger partial charge in [0, 0.05) is 71.9 Å². The fourth-order valence-corrected chi connectivity index (χ4v) is 6.80. The number of piperazine rings is 1. The normalized spacial score (nSPS) is 21.0. The number of ether oxygens (including phenoxy) is 1. The van der Waals surface area contributed by atoms with Crippen LogP contribution in [0.25, 0.3) is 0 Å². The molecule has 1 atom stereocenters. The van der Waals surface area contributed by atoms with Crippen molar-refractivity contribution in [1.82, 2.24) is 24.1 Å². The van der Waals surface area contributed by atoms with E-state index in [0.717, 1.165) is 12.2 Å². The van der Waals surface area contributed by atoms with Crippen LogP contribution in [0.3, 0.4) is 0 Å². The summed E-state index contributed by atoms with van der Waals surface area (Å²) in [7, 11) is -1.41. The number of hydrogen-bond acceptors (Lipinski definition) is 6. The highest BCUT2D eigenvalue weighted by atomic mass is 28.3. The van der Waals surface area contributed by atoms with Crippen LogP contribution in [0.2, 0.25) is 25.7 Å². The SMILES string of the molecule is C[C@@H](Cn1ccc(C(=O)N2CCN(C3CCC(C(F)(F)F)CC3)CC2)c1)Nc1cnn(COCC[Si](C)(C)C)c(=O)c1C(F)(F)F. The van der Waals surface area contributed by atoms with E-state index in [9.17, 15) is 35.9 Å². The van der Waals surface area contributed by atoms with Crippen molar-refractivity contribution in [1.29, 1.82) is 0 Å². The zero-order valence-electron chi connectivity index (χ0n) is 26.8. The maximum atomic E-state index is 14.0. The number of anilines is 1. The Bertz CT molecular complexity index is 1370. The molecule has 46 heavy (non-hydrogen) atoms. The first-order chi connectivity index (χ1) is 21.4. The highest BCUT2D eigenvalue weighted by Gasteiger charge is 2.42. The Morgan fingerprint density at radius 2 is 1.72 bits per heavy atom. The third kappa shape index (κ3) is 9.59. The summed E-state index contributed by atoms with van der Waals surface area (Å²) >= 11 is 0. The summed E-state index contributed by atoms with van der Waals surface area (Å²) in [4.78, 5) is 29.8. The van der Waals surface area contributed by atoms with Crippen LogP contribution in [-0.2, 0) is 24.2 Å². The predicted molar refractivity (Wildman–Crippen MR) is 164 cm³/mol. The number of carbonyl (C=O) groups excluding carboxylic acids is 1. The number of carbonyl (C=O) groups is 1. The van der Waals surface area contributed by atoms with Crippen molar-refractivity contribution in [3.05, 3.63) is 46.1 Å². The van der Waals surface area contributed by atoms with Crippen molar-refractivity contribution in [2.45, 2.75) is 96.0 Å². The van der Waals surface area contributed by atoms with E-state index in [2.05, 4.69) is 35.0 Å². The van der Waals surface area contributed by atoms with Crippen molar-refractivity contribution in [2.75, 3.05) is 38.1 Å². The third-order valence-electron chi connectivity index (χ3n) is 8.70. The molecule has 0 aromatic carbocycles. The van der Waals surface area contributed by atoms with E-state index in [-0.39, 0.29) is 38.1 Å². The van der Waals surface area contributed by atoms with Gasteiger partial charge in [0.2, 0.25) is 0 Å². The first-order valence-corrected chi connectivity index (χ1v) is 19.4. The fourth-order valence-electron chi connectivity index (χ4n) is 6.04. The van der Waals surface area contributed by atoms with Gasteiger partial charge in [-0.25, -0.2) is 4.68 Å². The lowest BCUT2D eigenvalue weighted by Gasteiger charge is -2.42. The number of rotatable bonds is 11. The van der Waals surface area contributed by atoms with Gasteiger partial charge in [0.05, 0.1) is 23.4 Å². The van der Waals surface area contributed by atoms with Crippen LogP contribution in [-0.4, -0.2) is 89.2 Å². The summed E-state index contributed by atoms with van der Waals surface area (Å²) in [5, 5.41) is 6.65. The monoisotopic (exact) mass is 678 g/mol. The molecule has 0 bridgehead atoms. The van der Waals surface area contributed by atoms with Crippen molar-refractivity contribution in [3.8, 4) is 0 Å². The average molecular weight is 679 g/mol. The zero-order chi connectivity index (χ0) is 33.9. The lowest BCUT2D eigenvalue weighted by Crippen LogP contribution is -2.52. The van der Waals surface area contributed by atoms with Crippen molar-refractivity contribution in [3.63, 3.8) is 0 Å². The fraction of sp³-hybridized carbons (Fsp3) is 0.700. The number of hydrogen-bond donors (Lipinski definition) is 1. The van der Waals surface area contributed by atoms with E-state index in [0.29, 0.717) is 55.9 Å². The molecule has 1 aliphatic heterocycles. The van der Waals surface area contributed by atoms with E-state index >= 15 is 0 Å². The molecule has 3 heterocycles. The van der Waals surface area contributed by atoms with E-state index < -0.39 is 49.2 Å². The molecule has 4 rings (SSSR count). The van der Waals surface area contributed by atoms with Gasteiger partial charge in [0.1, 0.15) is 12.3 Å². The minimum Gasteiger partial charge on any atom is -0.379 e. The van der Waals surface area contributed by atoms with Crippen LogP contribution < -0.4 is 10.9 Å². The molecule has 2 aliphatic rings. The molecule has 9 nitrogen and oxygen atoms in total. The first-order valence-electron chi connectivity index (χ1n) is 15.7. The molecule has 1 saturated heterocycles. The largest absolute Gasteiger partial charge is 0.423 e. The molecule has 1 saturated carbocycles. The highest BCUT2D eigenvalue weighted by molar-refractivity contribution is 6.76. The summed E-state index contributed by atoms with van der Waals surface area (Å²) in [6.07, 6.45) is -3.51. The van der Waals surface area contributed by atoms with E-state index in [1.165, 1.54) is 0 Å². The number of halogens is 6. The van der Waals surface area contributed by atoms with E-state index in [1.807, 2.05) is 0 Å². The Balaban J connectivity index is 1.30. The lowest BCUT2D eigenvalue weighted by atomic mass is 9.84. The van der Waals surface area contributed by atoms with Gasteiger partial charge in [-0.2, -0.15) is 31.4 Å². The smallest absolute Gasteiger partial charge is 0.379 e. The summed E-state index contributed by atoms with van der Waals surface area (Å²) in [6, 6.07) is 1.98. The molecule has 2 aromatic rings. The summed E-state index contributed by atoms with van der Waals surface area (Å²) < 4.78 is 88.7. The average Bonchev–Trinajstić information content (AvgIpc) is 3.42. The zero-order valence-corrected chi connectivity index (χ0v) is 27.8. The highest BCUT2D eigenvalue weighted by Crippen LogP contribution is 2.39. The standard InChI is InChI=1S/C30H44F6N6O3Si/c1-21(38-25-17-37-42(20-45-15-16-46(2,3)4)28(44)26(25)30(34,35)36)18-39-10-9-22(19-39)27(43)41-13-11-40(12-14-41)24-7-5-23(6-8-24)29(31,32)33/h9-10,17,19,21,23-24,38H,5-8,11-16,18,20H2,1-4H3/t21-,23?,24?/m0/s1. The predicted octanol–water partition coefficient (Wildman–Crippen LogP) is 5.76. The molecular weight excluding hydrogens is 634 g/mol. The van der Waals surface area contributed by atoms with Crippen molar-refractivity contribution < 1.29 is 35.9 Å². The molecule has 2 aromatic heterocycles. The van der Waals surface area contributed by atoms with Gasteiger partial charge in [-0.1, -0.05) is 19.6 Å². The molecule has 1 amide bonds. The second-order valence-electron chi connectivity index (χ2n) is 13.6. The summed E-state index contributed by atoms with van der Waals surface area (Å²) in [5.74, 6) is -1.41. The second kappa shape index (κ2) is 14.5. The summed E-state index contributed by atoms with van der Waals surface area (Å²) in [5.41, 5.74) is -2.64. The molecular formula is C30H44F6N6O3Si. The van der Waals surface area contributed by atoms with Gasteiger partial charge in [0.15, 0.2) is 0 Å². The van der Waals surface area contributed by atoms with Gasteiger partial charge < -0.3 is 19.5 Å². The topological polar surface area (TPSA) is 84.6 Å². The van der Waals surface area contributed by atoms with Gasteiger partial charge in [-0.3, -0.25) is 14.5 Å². The molecule has 258 valence electrons. The van der Waals surface area contributed by atoms with E-state index in [1.54, 1.807) is 34.9 Å². The van der Waals surface area contributed by atoms with Crippen molar-refractivity contribution in [2.24, 2.45) is 5.92 Å². The van der Waals surface area contributed by atoms with Crippen LogP contribution >= 0.6 is 0 Å². The second-order valence-corrected chi connectivity index (χ2v) is 19.2. The molecule has 0 unspecified atom stereocenters. The Hall–Kier alpha value is -2.85.